The lowest BCUT2D eigenvalue weighted by Crippen LogP contribution is -2.27. The molecule has 2 heterocycles. The van der Waals surface area contributed by atoms with Gasteiger partial charge >= 0.3 is 6.29 Å². The second-order valence-corrected chi connectivity index (χ2v) is 10.1. The first kappa shape index (κ1) is 19.9. The normalized spacial score (nSPS) is 18.7. The van der Waals surface area contributed by atoms with E-state index in [1.54, 1.807) is 0 Å². The Morgan fingerprint density at radius 3 is 2.10 bits per heavy atom. The van der Waals surface area contributed by atoms with Crippen molar-refractivity contribution in [3.05, 3.63) is 42.5 Å². The SMILES string of the molecule is O=S(=O)(Nc1ccc2c(c1)OC(F)(F)O2)c1ccc(S(=O)(=O)N2CCCC2)cc1. The van der Waals surface area contributed by atoms with Crippen molar-refractivity contribution < 1.29 is 35.1 Å². The van der Waals surface area contributed by atoms with E-state index in [0.29, 0.717) is 13.1 Å². The zero-order chi connectivity index (χ0) is 20.9. The summed E-state index contributed by atoms with van der Waals surface area (Å²) in [5.74, 6) is -0.517. The van der Waals surface area contributed by atoms with E-state index in [0.717, 1.165) is 25.0 Å². The van der Waals surface area contributed by atoms with Crippen LogP contribution in [-0.2, 0) is 20.0 Å². The number of nitrogens with one attached hydrogen (secondary N) is 1. The van der Waals surface area contributed by atoms with Crippen LogP contribution in [0.2, 0.25) is 0 Å². The highest BCUT2D eigenvalue weighted by molar-refractivity contribution is 7.92. The van der Waals surface area contributed by atoms with E-state index < -0.39 is 26.3 Å². The zero-order valence-corrected chi connectivity index (χ0v) is 16.5. The highest BCUT2D eigenvalue weighted by Crippen LogP contribution is 2.42. The first-order valence-electron chi connectivity index (χ1n) is 8.60. The molecule has 2 aliphatic heterocycles. The molecule has 12 heteroatoms. The Balaban J connectivity index is 1.54. The van der Waals surface area contributed by atoms with E-state index in [4.69, 9.17) is 0 Å². The number of benzene rings is 2. The lowest BCUT2D eigenvalue weighted by atomic mass is 10.3. The number of rotatable bonds is 5. The first-order valence-corrected chi connectivity index (χ1v) is 11.5. The molecule has 0 aromatic heterocycles. The molecule has 0 atom stereocenters. The van der Waals surface area contributed by atoms with E-state index in [1.807, 2.05) is 0 Å². The number of fused-ring (bicyclic) bond motifs is 1. The number of hydrogen-bond acceptors (Lipinski definition) is 6. The minimum Gasteiger partial charge on any atom is -0.395 e. The lowest BCUT2D eigenvalue weighted by molar-refractivity contribution is -0.286. The van der Waals surface area contributed by atoms with Gasteiger partial charge in [-0.25, -0.2) is 16.8 Å². The molecule has 0 unspecified atom stereocenters. The van der Waals surface area contributed by atoms with Crippen LogP contribution in [0.4, 0.5) is 14.5 Å². The Hall–Kier alpha value is -2.44. The quantitative estimate of drug-likeness (QED) is 0.758. The van der Waals surface area contributed by atoms with E-state index in [-0.39, 0.29) is 27.0 Å². The van der Waals surface area contributed by atoms with Crippen LogP contribution in [0, 0.1) is 0 Å². The second-order valence-electron chi connectivity index (χ2n) is 6.52. The molecule has 4 rings (SSSR count). The van der Waals surface area contributed by atoms with E-state index in [2.05, 4.69) is 14.2 Å². The average Bonchev–Trinajstić information content (AvgIpc) is 3.28. The van der Waals surface area contributed by atoms with Crippen LogP contribution >= 0.6 is 0 Å². The second kappa shape index (κ2) is 6.82. The summed E-state index contributed by atoms with van der Waals surface area (Å²) in [6.07, 6.45) is -2.23. The van der Waals surface area contributed by atoms with Gasteiger partial charge in [0, 0.05) is 19.2 Å². The molecule has 0 radical (unpaired) electrons. The predicted octanol–water partition coefficient (Wildman–Crippen LogP) is 2.59. The summed E-state index contributed by atoms with van der Waals surface area (Å²) >= 11 is 0. The molecule has 2 aliphatic rings. The molecular formula is C17H16F2N2O6S2. The highest BCUT2D eigenvalue weighted by atomic mass is 32.2. The lowest BCUT2D eigenvalue weighted by Gasteiger charge is -2.15. The molecule has 0 spiro atoms. The maximum Gasteiger partial charge on any atom is 0.586 e. The minimum absolute atomic E-state index is 0.00339. The van der Waals surface area contributed by atoms with Crippen molar-refractivity contribution in [2.75, 3.05) is 17.8 Å². The van der Waals surface area contributed by atoms with Crippen LogP contribution in [0.15, 0.2) is 52.3 Å². The van der Waals surface area contributed by atoms with Crippen molar-refractivity contribution in [3.63, 3.8) is 0 Å². The van der Waals surface area contributed by atoms with E-state index >= 15 is 0 Å². The third-order valence-corrected chi connectivity index (χ3v) is 7.80. The fraction of sp³-hybridized carbons (Fsp3) is 0.294. The molecule has 1 saturated heterocycles. The smallest absolute Gasteiger partial charge is 0.395 e. The van der Waals surface area contributed by atoms with Crippen LogP contribution < -0.4 is 14.2 Å². The predicted molar refractivity (Wildman–Crippen MR) is 97.9 cm³/mol. The summed E-state index contributed by atoms with van der Waals surface area (Å²) in [5.41, 5.74) is -0.0150. The molecule has 1 N–H and O–H groups in total. The Bertz CT molecular complexity index is 1140. The Kier molecular flexibility index (Phi) is 4.67. The molecule has 2 aromatic carbocycles. The van der Waals surface area contributed by atoms with Crippen molar-refractivity contribution >= 4 is 25.7 Å². The van der Waals surface area contributed by atoms with Gasteiger partial charge in [0.25, 0.3) is 10.0 Å². The van der Waals surface area contributed by atoms with Crippen molar-refractivity contribution in [2.45, 2.75) is 28.9 Å². The van der Waals surface area contributed by atoms with Gasteiger partial charge in [-0.2, -0.15) is 4.31 Å². The third kappa shape index (κ3) is 3.87. The monoisotopic (exact) mass is 446 g/mol. The fourth-order valence-electron chi connectivity index (χ4n) is 3.09. The third-order valence-electron chi connectivity index (χ3n) is 4.49. The van der Waals surface area contributed by atoms with Gasteiger partial charge in [0.1, 0.15) is 0 Å². The molecule has 8 nitrogen and oxygen atoms in total. The van der Waals surface area contributed by atoms with Crippen molar-refractivity contribution in [1.29, 1.82) is 0 Å². The maximum absolute atomic E-state index is 13.1. The molecule has 0 amide bonds. The summed E-state index contributed by atoms with van der Waals surface area (Å²) in [6.45, 7) is 0.875. The Morgan fingerprint density at radius 2 is 1.45 bits per heavy atom. The van der Waals surface area contributed by atoms with E-state index in [1.165, 1.54) is 34.6 Å². The maximum atomic E-state index is 13.1. The van der Waals surface area contributed by atoms with Crippen LogP contribution in [0.3, 0.4) is 0 Å². The van der Waals surface area contributed by atoms with Crippen LogP contribution in [0.1, 0.15) is 12.8 Å². The Labute approximate surface area is 166 Å². The summed E-state index contributed by atoms with van der Waals surface area (Å²) in [7, 11) is -7.74. The molecule has 0 bridgehead atoms. The number of hydrogen-bond donors (Lipinski definition) is 1. The number of sulfonamides is 2. The minimum atomic E-state index is -4.08. The zero-order valence-electron chi connectivity index (χ0n) is 14.8. The van der Waals surface area contributed by atoms with Crippen LogP contribution in [0.25, 0.3) is 0 Å². The van der Waals surface area contributed by atoms with Crippen LogP contribution in [-0.4, -0.2) is 40.5 Å². The fourth-order valence-corrected chi connectivity index (χ4v) is 5.66. The van der Waals surface area contributed by atoms with Gasteiger partial charge in [0.05, 0.1) is 15.5 Å². The number of ether oxygens (including phenoxy) is 2. The van der Waals surface area contributed by atoms with Gasteiger partial charge in [-0.3, -0.25) is 4.72 Å². The molecule has 29 heavy (non-hydrogen) atoms. The highest BCUT2D eigenvalue weighted by Gasteiger charge is 2.43. The van der Waals surface area contributed by atoms with Gasteiger partial charge in [0.2, 0.25) is 10.0 Å². The van der Waals surface area contributed by atoms with Gasteiger partial charge in [0.15, 0.2) is 11.5 Å². The number of alkyl halides is 2. The van der Waals surface area contributed by atoms with Gasteiger partial charge in [-0.15, -0.1) is 8.78 Å². The Morgan fingerprint density at radius 1 is 0.862 bits per heavy atom. The standard InChI is InChI=1S/C17H16F2N2O6S2/c18-17(19)26-15-8-3-12(11-16(15)27-17)20-28(22,23)13-4-6-14(7-5-13)29(24,25)21-9-1-2-10-21/h3-8,11,20H,1-2,9-10H2. The van der Waals surface area contributed by atoms with Crippen molar-refractivity contribution in [2.24, 2.45) is 0 Å². The summed E-state index contributed by atoms with van der Waals surface area (Å²) in [6, 6.07) is 8.26. The molecule has 1 fully saturated rings. The average molecular weight is 446 g/mol. The molecule has 156 valence electrons. The topological polar surface area (TPSA) is 102 Å². The summed E-state index contributed by atoms with van der Waals surface area (Å²) in [4.78, 5) is -0.176. The molecule has 0 saturated carbocycles. The number of anilines is 1. The van der Waals surface area contributed by atoms with Gasteiger partial charge in [-0.05, 0) is 49.2 Å². The van der Waals surface area contributed by atoms with Gasteiger partial charge < -0.3 is 9.47 Å². The number of nitrogens with zero attached hydrogens (tertiary/aromatic N) is 1. The summed E-state index contributed by atoms with van der Waals surface area (Å²) in [5, 5.41) is 0. The molecule has 0 aliphatic carbocycles. The van der Waals surface area contributed by atoms with Crippen molar-refractivity contribution in [3.8, 4) is 11.5 Å². The molecular weight excluding hydrogens is 430 g/mol. The van der Waals surface area contributed by atoms with Crippen molar-refractivity contribution in [1.82, 2.24) is 4.31 Å². The first-order chi connectivity index (χ1) is 13.6. The van der Waals surface area contributed by atoms with E-state index in [9.17, 15) is 25.6 Å². The van der Waals surface area contributed by atoms with Crippen LogP contribution in [0.5, 0.6) is 11.5 Å². The number of halogens is 2. The molecule has 2 aromatic rings. The summed E-state index contributed by atoms with van der Waals surface area (Å²) < 4.78 is 88.5. The van der Waals surface area contributed by atoms with Gasteiger partial charge in [-0.1, -0.05) is 0 Å². The largest absolute Gasteiger partial charge is 0.586 e.